The number of piperidine rings is 1. The molecule has 2 aromatic carbocycles. The molecular weight excluding hydrogens is 467 g/mol. The number of rotatable bonds is 5. The number of halogens is 3. The number of amides is 2. The van der Waals surface area contributed by atoms with Crippen LogP contribution in [-0.2, 0) is 4.79 Å². The first-order valence-corrected chi connectivity index (χ1v) is 10.7. The van der Waals surface area contributed by atoms with Crippen LogP contribution in [0.4, 0.5) is 13.2 Å². The first-order chi connectivity index (χ1) is 16.6. The number of aromatic nitrogens is 2. The average molecular weight is 491 g/mol. The minimum absolute atomic E-state index is 0.0632. The standard InChI is InChI=1S/C21H23N5O2.C2HF3O2/c22-20(27)18-3-1-2-16-13-26(25-19(16)18)17-6-4-15(5-7-17)21(28)24-12-14-8-10-23-11-9-14;3-2(4,5)1(6)7/h1-7,13-14,23H,8-12H2,(H2,22,27)(H,24,28);(H,6,7). The van der Waals surface area contributed by atoms with Crippen LogP contribution in [0.1, 0.15) is 33.6 Å². The minimum atomic E-state index is -5.08. The van der Waals surface area contributed by atoms with Crippen LogP contribution >= 0.6 is 0 Å². The molecule has 2 heterocycles. The van der Waals surface area contributed by atoms with E-state index in [0.717, 1.165) is 37.0 Å². The number of nitrogens with one attached hydrogen (secondary N) is 2. The Morgan fingerprint density at radius 2 is 1.74 bits per heavy atom. The fraction of sp³-hybridized carbons (Fsp3) is 0.304. The Hall–Kier alpha value is -3.93. The van der Waals surface area contributed by atoms with Gasteiger partial charge in [-0.15, -0.1) is 0 Å². The van der Waals surface area contributed by atoms with Gasteiger partial charge in [0.25, 0.3) is 11.8 Å². The normalized spacial score (nSPS) is 14.1. The molecule has 0 bridgehead atoms. The number of carboxylic acids is 1. The second-order valence-corrected chi connectivity index (χ2v) is 7.93. The highest BCUT2D eigenvalue weighted by molar-refractivity contribution is 6.04. The summed E-state index contributed by atoms with van der Waals surface area (Å²) < 4.78 is 33.4. The Balaban J connectivity index is 0.000000429. The van der Waals surface area contributed by atoms with Crippen LogP contribution in [0.5, 0.6) is 0 Å². The van der Waals surface area contributed by atoms with E-state index in [0.29, 0.717) is 29.1 Å². The predicted octanol–water partition coefficient (Wildman–Crippen LogP) is 2.49. The van der Waals surface area contributed by atoms with Crippen molar-refractivity contribution in [3.8, 4) is 5.69 Å². The zero-order valence-corrected chi connectivity index (χ0v) is 18.5. The van der Waals surface area contributed by atoms with Gasteiger partial charge < -0.3 is 21.5 Å². The lowest BCUT2D eigenvalue weighted by Crippen LogP contribution is -2.35. The third-order valence-electron chi connectivity index (χ3n) is 5.45. The number of nitrogens with two attached hydrogens (primary N) is 1. The van der Waals surface area contributed by atoms with Gasteiger partial charge in [-0.25, -0.2) is 9.48 Å². The number of hydrogen-bond donors (Lipinski definition) is 4. The maximum Gasteiger partial charge on any atom is 0.490 e. The fourth-order valence-electron chi connectivity index (χ4n) is 3.57. The number of hydrogen-bond acceptors (Lipinski definition) is 5. The quantitative estimate of drug-likeness (QED) is 0.433. The monoisotopic (exact) mass is 491 g/mol. The van der Waals surface area contributed by atoms with Crippen LogP contribution in [-0.4, -0.2) is 58.5 Å². The van der Waals surface area contributed by atoms with Crippen LogP contribution in [0.15, 0.2) is 48.7 Å². The molecule has 0 aliphatic carbocycles. The summed E-state index contributed by atoms with van der Waals surface area (Å²) in [4.78, 5) is 32.9. The van der Waals surface area contributed by atoms with Crippen molar-refractivity contribution in [3.63, 3.8) is 0 Å². The molecule has 9 nitrogen and oxygen atoms in total. The highest BCUT2D eigenvalue weighted by Crippen LogP contribution is 2.20. The van der Waals surface area contributed by atoms with Gasteiger partial charge in [0.05, 0.1) is 11.3 Å². The Morgan fingerprint density at radius 1 is 1.11 bits per heavy atom. The van der Waals surface area contributed by atoms with Crippen molar-refractivity contribution in [2.24, 2.45) is 11.7 Å². The van der Waals surface area contributed by atoms with Crippen molar-refractivity contribution in [2.75, 3.05) is 19.6 Å². The summed E-state index contributed by atoms with van der Waals surface area (Å²) in [5.41, 5.74) is 7.81. The summed E-state index contributed by atoms with van der Waals surface area (Å²) in [7, 11) is 0. The van der Waals surface area contributed by atoms with Crippen LogP contribution in [0.2, 0.25) is 0 Å². The molecule has 0 unspecified atom stereocenters. The second kappa shape index (κ2) is 11.0. The van der Waals surface area contributed by atoms with E-state index in [-0.39, 0.29) is 5.91 Å². The van der Waals surface area contributed by atoms with Gasteiger partial charge in [-0.05, 0) is 62.2 Å². The largest absolute Gasteiger partial charge is 0.490 e. The first-order valence-electron chi connectivity index (χ1n) is 10.7. The molecule has 5 N–H and O–H groups in total. The third-order valence-corrected chi connectivity index (χ3v) is 5.45. The number of aliphatic carboxylic acids is 1. The van der Waals surface area contributed by atoms with Gasteiger partial charge in [-0.3, -0.25) is 9.59 Å². The Labute approximate surface area is 198 Å². The Bertz CT molecular complexity index is 1200. The Kier molecular flexibility index (Phi) is 8.07. The molecule has 4 rings (SSSR count). The lowest BCUT2D eigenvalue weighted by molar-refractivity contribution is -0.192. The molecule has 186 valence electrons. The molecule has 0 saturated carbocycles. The molecule has 2 amide bonds. The molecule has 1 saturated heterocycles. The van der Waals surface area contributed by atoms with Gasteiger partial charge in [-0.2, -0.15) is 18.3 Å². The van der Waals surface area contributed by atoms with E-state index in [4.69, 9.17) is 15.6 Å². The number of benzene rings is 2. The average Bonchev–Trinajstić information content (AvgIpc) is 3.27. The van der Waals surface area contributed by atoms with E-state index < -0.39 is 18.1 Å². The van der Waals surface area contributed by atoms with E-state index in [1.165, 1.54) is 0 Å². The van der Waals surface area contributed by atoms with Crippen LogP contribution in [0.3, 0.4) is 0 Å². The number of primary amides is 1. The number of carbonyl (C=O) groups is 3. The van der Waals surface area contributed by atoms with Gasteiger partial charge in [0, 0.05) is 23.7 Å². The summed E-state index contributed by atoms with van der Waals surface area (Å²) in [6, 6.07) is 12.6. The lowest BCUT2D eigenvalue weighted by atomic mass is 9.98. The van der Waals surface area contributed by atoms with Gasteiger partial charge in [0.15, 0.2) is 0 Å². The van der Waals surface area contributed by atoms with Crippen LogP contribution in [0, 0.1) is 5.92 Å². The van der Waals surface area contributed by atoms with Crippen molar-refractivity contribution in [3.05, 3.63) is 59.8 Å². The van der Waals surface area contributed by atoms with Crippen LogP contribution < -0.4 is 16.4 Å². The number of carboxylic acid groups (broad SMARTS) is 1. The minimum Gasteiger partial charge on any atom is -0.475 e. The van der Waals surface area contributed by atoms with E-state index in [1.807, 2.05) is 24.4 Å². The zero-order valence-electron chi connectivity index (χ0n) is 18.5. The van der Waals surface area contributed by atoms with E-state index in [1.54, 1.807) is 28.9 Å². The number of alkyl halides is 3. The third kappa shape index (κ3) is 6.79. The predicted molar refractivity (Wildman–Crippen MR) is 121 cm³/mol. The molecule has 3 aromatic rings. The number of carbonyl (C=O) groups excluding carboxylic acids is 2. The fourth-order valence-corrected chi connectivity index (χ4v) is 3.57. The van der Waals surface area contributed by atoms with Crippen molar-refractivity contribution in [2.45, 2.75) is 19.0 Å². The zero-order chi connectivity index (χ0) is 25.6. The second-order valence-electron chi connectivity index (χ2n) is 7.93. The molecule has 0 radical (unpaired) electrons. The number of fused-ring (bicyclic) bond motifs is 1. The molecule has 35 heavy (non-hydrogen) atoms. The van der Waals surface area contributed by atoms with Gasteiger partial charge in [0.1, 0.15) is 5.52 Å². The molecule has 0 atom stereocenters. The molecule has 1 aliphatic rings. The smallest absolute Gasteiger partial charge is 0.475 e. The van der Waals surface area contributed by atoms with Crippen molar-refractivity contribution >= 4 is 28.7 Å². The topological polar surface area (TPSA) is 139 Å². The van der Waals surface area contributed by atoms with Crippen molar-refractivity contribution < 1.29 is 32.7 Å². The van der Waals surface area contributed by atoms with Gasteiger partial charge in [-0.1, -0.05) is 12.1 Å². The van der Waals surface area contributed by atoms with E-state index >= 15 is 0 Å². The molecule has 1 aliphatic heterocycles. The molecule has 1 aromatic heterocycles. The molecule has 0 spiro atoms. The highest BCUT2D eigenvalue weighted by Gasteiger charge is 2.38. The highest BCUT2D eigenvalue weighted by atomic mass is 19.4. The lowest BCUT2D eigenvalue weighted by Gasteiger charge is -2.22. The van der Waals surface area contributed by atoms with E-state index in [2.05, 4.69) is 15.7 Å². The summed E-state index contributed by atoms with van der Waals surface area (Å²) in [6.07, 6.45) is -1.05. The summed E-state index contributed by atoms with van der Waals surface area (Å²) in [5.74, 6) is -2.78. The first kappa shape index (κ1) is 25.7. The molecule has 1 fully saturated rings. The van der Waals surface area contributed by atoms with Gasteiger partial charge >= 0.3 is 12.1 Å². The summed E-state index contributed by atoms with van der Waals surface area (Å²) in [6.45, 7) is 2.75. The Morgan fingerprint density at radius 3 is 2.31 bits per heavy atom. The van der Waals surface area contributed by atoms with Crippen molar-refractivity contribution in [1.82, 2.24) is 20.4 Å². The van der Waals surface area contributed by atoms with Crippen LogP contribution in [0.25, 0.3) is 16.6 Å². The summed E-state index contributed by atoms with van der Waals surface area (Å²) >= 11 is 0. The molecular formula is C23H24F3N5O4. The van der Waals surface area contributed by atoms with Crippen molar-refractivity contribution in [1.29, 1.82) is 0 Å². The SMILES string of the molecule is NC(=O)c1cccc2cn(-c3ccc(C(=O)NCC4CCNCC4)cc3)nc12.O=C(O)C(F)(F)F. The van der Waals surface area contributed by atoms with Gasteiger partial charge in [0.2, 0.25) is 0 Å². The maximum atomic E-state index is 12.4. The summed E-state index contributed by atoms with van der Waals surface area (Å²) in [5, 5.41) is 18.8. The number of nitrogens with zero attached hydrogens (tertiary/aromatic N) is 2. The molecule has 12 heteroatoms. The van der Waals surface area contributed by atoms with E-state index in [9.17, 15) is 22.8 Å². The maximum absolute atomic E-state index is 12.4.